The van der Waals surface area contributed by atoms with Crippen LogP contribution in [0.3, 0.4) is 0 Å². The Hall–Kier alpha value is -1.98. The van der Waals surface area contributed by atoms with Crippen molar-refractivity contribution in [1.29, 1.82) is 0 Å². The minimum absolute atomic E-state index is 0.720. The molecule has 132 valence electrons. The number of halogens is 1. The zero-order valence-corrected chi connectivity index (χ0v) is 16.2. The van der Waals surface area contributed by atoms with Gasteiger partial charge in [0.05, 0.1) is 14.2 Å². The van der Waals surface area contributed by atoms with Crippen molar-refractivity contribution in [1.82, 2.24) is 4.98 Å². The van der Waals surface area contributed by atoms with Crippen LogP contribution >= 0.6 is 15.9 Å². The zero-order chi connectivity index (χ0) is 17.8. The van der Waals surface area contributed by atoms with Crippen molar-refractivity contribution in [2.75, 3.05) is 20.8 Å². The van der Waals surface area contributed by atoms with Crippen molar-refractivity contribution >= 4 is 26.8 Å². The maximum Gasteiger partial charge on any atom is 0.161 e. The van der Waals surface area contributed by atoms with Crippen LogP contribution in [0.4, 0.5) is 0 Å². The number of rotatable bonds is 7. The first-order valence-electron chi connectivity index (χ1n) is 8.40. The molecule has 2 aromatic carbocycles. The molecule has 0 unspecified atom stereocenters. The number of ether oxygens (including phenoxy) is 2. The van der Waals surface area contributed by atoms with Gasteiger partial charge < -0.3 is 20.2 Å². The second-order valence-corrected chi connectivity index (χ2v) is 6.90. The number of aromatic nitrogens is 1. The van der Waals surface area contributed by atoms with Gasteiger partial charge in [0, 0.05) is 26.6 Å². The summed E-state index contributed by atoms with van der Waals surface area (Å²) in [6.45, 7) is 0.720. The molecule has 5 heteroatoms. The van der Waals surface area contributed by atoms with Gasteiger partial charge in [0.15, 0.2) is 11.5 Å². The third-order valence-electron chi connectivity index (χ3n) is 4.42. The molecule has 3 aromatic rings. The Morgan fingerprint density at radius 1 is 1.00 bits per heavy atom. The Kier molecular flexibility index (Phi) is 5.66. The number of unbranched alkanes of at least 4 members (excludes halogenated alkanes) is 1. The van der Waals surface area contributed by atoms with Gasteiger partial charge in [0.2, 0.25) is 0 Å². The number of hydrogen-bond donors (Lipinski definition) is 2. The molecule has 1 heterocycles. The molecule has 0 amide bonds. The van der Waals surface area contributed by atoms with E-state index < -0.39 is 0 Å². The first-order valence-corrected chi connectivity index (χ1v) is 9.19. The van der Waals surface area contributed by atoms with E-state index in [0.717, 1.165) is 58.6 Å². The number of benzene rings is 2. The maximum atomic E-state index is 5.68. The van der Waals surface area contributed by atoms with Gasteiger partial charge in [-0.25, -0.2) is 0 Å². The van der Waals surface area contributed by atoms with Gasteiger partial charge in [-0.05, 0) is 67.8 Å². The zero-order valence-electron chi connectivity index (χ0n) is 14.6. The average molecular weight is 403 g/mol. The van der Waals surface area contributed by atoms with Crippen molar-refractivity contribution in [3.63, 3.8) is 0 Å². The van der Waals surface area contributed by atoms with Crippen LogP contribution in [0.5, 0.6) is 11.5 Å². The van der Waals surface area contributed by atoms with Crippen molar-refractivity contribution in [2.45, 2.75) is 19.3 Å². The van der Waals surface area contributed by atoms with Gasteiger partial charge in [0.1, 0.15) is 0 Å². The van der Waals surface area contributed by atoms with Crippen molar-refractivity contribution in [3.8, 4) is 22.8 Å². The number of fused-ring (bicyclic) bond motifs is 1. The quantitative estimate of drug-likeness (QED) is 0.552. The van der Waals surface area contributed by atoms with Gasteiger partial charge in [0.25, 0.3) is 0 Å². The predicted octanol–water partition coefficient (Wildman–Crippen LogP) is 4.90. The maximum absolute atomic E-state index is 5.68. The molecule has 3 rings (SSSR count). The molecule has 0 spiro atoms. The lowest BCUT2D eigenvalue weighted by atomic mass is 10.00. The number of aryl methyl sites for hydroxylation is 1. The molecule has 0 atom stereocenters. The molecule has 0 aliphatic carbocycles. The first kappa shape index (κ1) is 17.8. The van der Waals surface area contributed by atoms with E-state index in [-0.39, 0.29) is 0 Å². The molecule has 0 fully saturated rings. The number of nitrogens with one attached hydrogen (secondary N) is 1. The van der Waals surface area contributed by atoms with Crippen LogP contribution < -0.4 is 15.2 Å². The van der Waals surface area contributed by atoms with E-state index in [0.29, 0.717) is 0 Å². The monoisotopic (exact) mass is 402 g/mol. The van der Waals surface area contributed by atoms with Crippen LogP contribution in [0.2, 0.25) is 0 Å². The van der Waals surface area contributed by atoms with Gasteiger partial charge in [-0.1, -0.05) is 15.9 Å². The third kappa shape index (κ3) is 3.67. The highest BCUT2D eigenvalue weighted by molar-refractivity contribution is 9.10. The summed E-state index contributed by atoms with van der Waals surface area (Å²) in [6.07, 6.45) is 3.07. The summed E-state index contributed by atoms with van der Waals surface area (Å²) < 4.78 is 11.9. The summed E-state index contributed by atoms with van der Waals surface area (Å²) in [5, 5.41) is 1.25. The molecule has 0 saturated carbocycles. The summed E-state index contributed by atoms with van der Waals surface area (Å²) in [5.74, 6) is 1.46. The SMILES string of the molecule is COc1ccc(-c2[nH]c3ccc(Br)cc3c2CCCCN)cc1OC. The standard InChI is InChI=1S/C20H23BrN2O2/c1-24-18-9-6-13(11-19(18)25-2)20-15(5-3-4-10-22)16-12-14(21)7-8-17(16)23-20/h6-9,11-12,23H,3-5,10,22H2,1-2H3. The molecule has 0 bridgehead atoms. The smallest absolute Gasteiger partial charge is 0.161 e. The highest BCUT2D eigenvalue weighted by Crippen LogP contribution is 2.37. The number of H-pyrrole nitrogens is 1. The second kappa shape index (κ2) is 7.93. The fraction of sp³-hybridized carbons (Fsp3) is 0.300. The molecule has 4 nitrogen and oxygen atoms in total. The summed E-state index contributed by atoms with van der Waals surface area (Å²) in [5.41, 5.74) is 10.4. The molecular formula is C20H23BrN2O2. The Morgan fingerprint density at radius 3 is 2.52 bits per heavy atom. The van der Waals surface area contributed by atoms with Gasteiger partial charge in [-0.3, -0.25) is 0 Å². The van der Waals surface area contributed by atoms with Crippen LogP contribution in [0, 0.1) is 0 Å². The number of hydrogen-bond acceptors (Lipinski definition) is 3. The number of aromatic amines is 1. The van der Waals surface area contributed by atoms with E-state index in [1.54, 1.807) is 14.2 Å². The first-order chi connectivity index (χ1) is 12.2. The highest BCUT2D eigenvalue weighted by atomic mass is 79.9. The van der Waals surface area contributed by atoms with Crippen molar-refractivity contribution in [3.05, 3.63) is 46.4 Å². The van der Waals surface area contributed by atoms with E-state index in [4.69, 9.17) is 15.2 Å². The Balaban J connectivity index is 2.12. The third-order valence-corrected chi connectivity index (χ3v) is 4.91. The second-order valence-electron chi connectivity index (χ2n) is 5.98. The molecule has 25 heavy (non-hydrogen) atoms. The average Bonchev–Trinajstić information content (AvgIpc) is 2.99. The topological polar surface area (TPSA) is 60.3 Å². The minimum Gasteiger partial charge on any atom is -0.493 e. The highest BCUT2D eigenvalue weighted by Gasteiger charge is 2.15. The lowest BCUT2D eigenvalue weighted by Gasteiger charge is -2.10. The van der Waals surface area contributed by atoms with Gasteiger partial charge in [-0.15, -0.1) is 0 Å². The summed E-state index contributed by atoms with van der Waals surface area (Å²) in [6, 6.07) is 12.4. The lowest BCUT2D eigenvalue weighted by molar-refractivity contribution is 0.355. The van der Waals surface area contributed by atoms with E-state index in [1.165, 1.54) is 10.9 Å². The van der Waals surface area contributed by atoms with Crippen LogP contribution in [-0.4, -0.2) is 25.7 Å². The summed E-state index contributed by atoms with van der Waals surface area (Å²) in [4.78, 5) is 3.57. The lowest BCUT2D eigenvalue weighted by Crippen LogP contribution is -1.99. The Labute approximate surface area is 156 Å². The van der Waals surface area contributed by atoms with Crippen LogP contribution in [-0.2, 0) is 6.42 Å². The fourth-order valence-electron chi connectivity index (χ4n) is 3.16. The molecule has 0 aliphatic rings. The fourth-order valence-corrected chi connectivity index (χ4v) is 3.52. The Bertz CT molecular complexity index is 874. The van der Waals surface area contributed by atoms with Gasteiger partial charge >= 0.3 is 0 Å². The van der Waals surface area contributed by atoms with Gasteiger partial charge in [-0.2, -0.15) is 0 Å². The van der Waals surface area contributed by atoms with E-state index in [1.807, 2.05) is 12.1 Å². The molecule has 0 radical (unpaired) electrons. The van der Waals surface area contributed by atoms with Crippen molar-refractivity contribution in [2.24, 2.45) is 5.73 Å². The largest absolute Gasteiger partial charge is 0.493 e. The van der Waals surface area contributed by atoms with E-state index in [9.17, 15) is 0 Å². The van der Waals surface area contributed by atoms with Crippen LogP contribution in [0.1, 0.15) is 18.4 Å². The number of methoxy groups -OCH3 is 2. The normalized spacial score (nSPS) is 11.0. The van der Waals surface area contributed by atoms with E-state index >= 15 is 0 Å². The van der Waals surface area contributed by atoms with E-state index in [2.05, 4.69) is 45.2 Å². The summed E-state index contributed by atoms with van der Waals surface area (Å²) in [7, 11) is 3.31. The minimum atomic E-state index is 0.720. The van der Waals surface area contributed by atoms with Crippen molar-refractivity contribution < 1.29 is 9.47 Å². The number of nitrogens with two attached hydrogens (primary N) is 1. The predicted molar refractivity (Wildman–Crippen MR) is 107 cm³/mol. The molecule has 0 saturated heterocycles. The van der Waals surface area contributed by atoms with Crippen LogP contribution in [0.25, 0.3) is 22.2 Å². The Morgan fingerprint density at radius 2 is 1.80 bits per heavy atom. The summed E-state index contributed by atoms with van der Waals surface area (Å²) >= 11 is 3.59. The van der Waals surface area contributed by atoms with Crippen LogP contribution in [0.15, 0.2) is 40.9 Å². The molecule has 0 aliphatic heterocycles. The molecular weight excluding hydrogens is 380 g/mol. The molecule has 3 N–H and O–H groups in total. The molecule has 1 aromatic heterocycles.